The predicted octanol–water partition coefficient (Wildman–Crippen LogP) is 3.16. The first-order valence-corrected chi connectivity index (χ1v) is 8.17. The van der Waals surface area contributed by atoms with Crippen LogP contribution < -0.4 is 10.1 Å². The van der Waals surface area contributed by atoms with Gasteiger partial charge in [0.15, 0.2) is 5.69 Å². The molecule has 1 aliphatic rings. The quantitative estimate of drug-likeness (QED) is 0.943. The van der Waals surface area contributed by atoms with Crippen molar-refractivity contribution < 1.29 is 9.53 Å². The van der Waals surface area contributed by atoms with Gasteiger partial charge in [-0.2, -0.15) is 5.10 Å². The second-order valence-electron chi connectivity index (χ2n) is 6.05. The Kier molecular flexibility index (Phi) is 4.65. The van der Waals surface area contributed by atoms with E-state index in [1.54, 1.807) is 11.8 Å². The van der Waals surface area contributed by atoms with Gasteiger partial charge in [-0.05, 0) is 31.0 Å². The summed E-state index contributed by atoms with van der Waals surface area (Å²) in [5, 5.41) is 7.49. The van der Waals surface area contributed by atoms with Gasteiger partial charge in [0.25, 0.3) is 5.91 Å². The fraction of sp³-hybridized carbons (Fsp3) is 0.444. The molecule has 1 saturated carbocycles. The third-order valence-electron chi connectivity index (χ3n) is 4.44. The lowest BCUT2D eigenvalue weighted by atomic mass is 9.95. The predicted molar refractivity (Wildman–Crippen MR) is 89.5 cm³/mol. The molecule has 0 radical (unpaired) electrons. The number of carbonyl (C=O) groups is 1. The van der Waals surface area contributed by atoms with E-state index in [9.17, 15) is 4.79 Å². The van der Waals surface area contributed by atoms with Gasteiger partial charge in [-0.3, -0.25) is 9.48 Å². The van der Waals surface area contributed by atoms with Crippen LogP contribution in [0.3, 0.4) is 0 Å². The summed E-state index contributed by atoms with van der Waals surface area (Å²) in [5.41, 5.74) is 2.26. The minimum absolute atomic E-state index is 0.0892. The second-order valence-corrected chi connectivity index (χ2v) is 6.05. The zero-order chi connectivity index (χ0) is 16.2. The molecular formula is C18H23N3O2. The highest BCUT2D eigenvalue weighted by Gasteiger charge is 2.20. The third kappa shape index (κ3) is 3.38. The lowest BCUT2D eigenvalue weighted by Gasteiger charge is -2.22. The topological polar surface area (TPSA) is 56.1 Å². The number of amides is 1. The Bertz CT molecular complexity index is 687. The number of hydrogen-bond acceptors (Lipinski definition) is 3. The van der Waals surface area contributed by atoms with Crippen LogP contribution in [0.4, 0.5) is 0 Å². The lowest BCUT2D eigenvalue weighted by molar-refractivity contribution is 0.0922. The van der Waals surface area contributed by atoms with Gasteiger partial charge in [-0.1, -0.05) is 31.4 Å². The van der Waals surface area contributed by atoms with Gasteiger partial charge >= 0.3 is 0 Å². The van der Waals surface area contributed by atoms with Crippen LogP contribution in [0.2, 0.25) is 0 Å². The highest BCUT2D eigenvalue weighted by atomic mass is 16.5. The Morgan fingerprint density at radius 1 is 1.26 bits per heavy atom. The van der Waals surface area contributed by atoms with E-state index in [0.29, 0.717) is 5.69 Å². The van der Waals surface area contributed by atoms with E-state index in [1.807, 2.05) is 37.4 Å². The number of aryl methyl sites for hydroxylation is 1. The van der Waals surface area contributed by atoms with E-state index in [4.69, 9.17) is 4.74 Å². The van der Waals surface area contributed by atoms with Crippen LogP contribution in [0.15, 0.2) is 30.3 Å². The normalized spacial score (nSPS) is 15.4. The fourth-order valence-electron chi connectivity index (χ4n) is 3.19. The van der Waals surface area contributed by atoms with E-state index in [1.165, 1.54) is 19.3 Å². The van der Waals surface area contributed by atoms with Crippen LogP contribution in [0.25, 0.3) is 11.3 Å². The Hall–Kier alpha value is -2.30. The molecule has 122 valence electrons. The summed E-state index contributed by atoms with van der Waals surface area (Å²) in [6, 6.07) is 9.87. The van der Waals surface area contributed by atoms with Crippen molar-refractivity contribution in [3.05, 3.63) is 36.0 Å². The highest BCUT2D eigenvalue weighted by molar-refractivity contribution is 5.93. The third-order valence-corrected chi connectivity index (χ3v) is 4.44. The molecule has 1 aromatic heterocycles. The van der Waals surface area contributed by atoms with Crippen LogP contribution >= 0.6 is 0 Å². The summed E-state index contributed by atoms with van der Waals surface area (Å²) in [4.78, 5) is 12.4. The highest BCUT2D eigenvalue weighted by Crippen LogP contribution is 2.29. The van der Waals surface area contributed by atoms with Crippen molar-refractivity contribution >= 4 is 5.91 Å². The molecule has 23 heavy (non-hydrogen) atoms. The first-order valence-electron chi connectivity index (χ1n) is 8.17. The molecule has 1 N–H and O–H groups in total. The SMILES string of the molecule is COc1ccccc1-c1cc(C(=O)NC2CCCCC2)nn1C. The molecule has 1 aromatic carbocycles. The number of aromatic nitrogens is 2. The first kappa shape index (κ1) is 15.6. The molecule has 5 heteroatoms. The van der Waals surface area contributed by atoms with E-state index in [2.05, 4.69) is 10.4 Å². The van der Waals surface area contributed by atoms with E-state index >= 15 is 0 Å². The molecule has 5 nitrogen and oxygen atoms in total. The number of nitrogens with zero attached hydrogens (tertiary/aromatic N) is 2. The van der Waals surface area contributed by atoms with Crippen molar-refractivity contribution in [3.8, 4) is 17.0 Å². The number of methoxy groups -OCH3 is 1. The Morgan fingerprint density at radius 3 is 2.74 bits per heavy atom. The van der Waals surface area contributed by atoms with Gasteiger partial charge in [0.2, 0.25) is 0 Å². The molecule has 2 aromatic rings. The van der Waals surface area contributed by atoms with Gasteiger partial charge in [0.05, 0.1) is 12.8 Å². The van der Waals surface area contributed by atoms with Crippen LogP contribution in [-0.2, 0) is 7.05 Å². The summed E-state index contributed by atoms with van der Waals surface area (Å²) in [6.07, 6.45) is 5.79. The number of nitrogens with one attached hydrogen (secondary N) is 1. The number of benzene rings is 1. The van der Waals surface area contributed by atoms with Gasteiger partial charge in [0, 0.05) is 18.7 Å². The number of carbonyl (C=O) groups excluding carboxylic acids is 1. The summed E-state index contributed by atoms with van der Waals surface area (Å²) in [7, 11) is 3.49. The van der Waals surface area contributed by atoms with Crippen LogP contribution in [0.5, 0.6) is 5.75 Å². The van der Waals surface area contributed by atoms with Crippen LogP contribution in [0, 0.1) is 0 Å². The minimum Gasteiger partial charge on any atom is -0.496 e. The minimum atomic E-state index is -0.0892. The number of hydrogen-bond donors (Lipinski definition) is 1. The zero-order valence-corrected chi connectivity index (χ0v) is 13.7. The van der Waals surface area contributed by atoms with Crippen molar-refractivity contribution in [3.63, 3.8) is 0 Å². The maximum Gasteiger partial charge on any atom is 0.272 e. The van der Waals surface area contributed by atoms with E-state index in [0.717, 1.165) is 29.8 Å². The van der Waals surface area contributed by atoms with Crippen molar-refractivity contribution in [1.29, 1.82) is 0 Å². The summed E-state index contributed by atoms with van der Waals surface area (Å²) >= 11 is 0. The molecule has 0 unspecified atom stereocenters. The van der Waals surface area contributed by atoms with Crippen LogP contribution in [-0.4, -0.2) is 28.8 Å². The van der Waals surface area contributed by atoms with Gasteiger partial charge in [-0.15, -0.1) is 0 Å². The maximum atomic E-state index is 12.4. The number of para-hydroxylation sites is 1. The molecular weight excluding hydrogens is 290 g/mol. The molecule has 0 saturated heterocycles. The Labute approximate surface area is 136 Å². The number of rotatable bonds is 4. The monoisotopic (exact) mass is 313 g/mol. The zero-order valence-electron chi connectivity index (χ0n) is 13.7. The second kappa shape index (κ2) is 6.86. The van der Waals surface area contributed by atoms with Crippen molar-refractivity contribution in [2.24, 2.45) is 7.05 Å². The van der Waals surface area contributed by atoms with Crippen molar-refractivity contribution in [2.75, 3.05) is 7.11 Å². The average Bonchev–Trinajstić information content (AvgIpc) is 2.97. The molecule has 0 bridgehead atoms. The molecule has 3 rings (SSSR count). The summed E-state index contributed by atoms with van der Waals surface area (Å²) < 4.78 is 7.13. The van der Waals surface area contributed by atoms with E-state index in [-0.39, 0.29) is 11.9 Å². The van der Waals surface area contributed by atoms with Gasteiger partial charge in [0.1, 0.15) is 5.75 Å². The molecule has 0 spiro atoms. The average molecular weight is 313 g/mol. The maximum absolute atomic E-state index is 12.4. The lowest BCUT2D eigenvalue weighted by Crippen LogP contribution is -2.36. The van der Waals surface area contributed by atoms with Crippen molar-refractivity contribution in [1.82, 2.24) is 15.1 Å². The Balaban J connectivity index is 1.81. The van der Waals surface area contributed by atoms with Crippen molar-refractivity contribution in [2.45, 2.75) is 38.1 Å². The largest absolute Gasteiger partial charge is 0.496 e. The standard InChI is InChI=1S/C18H23N3O2/c1-21-16(14-10-6-7-11-17(14)23-2)12-15(20-21)18(22)19-13-8-4-3-5-9-13/h6-7,10-13H,3-5,8-9H2,1-2H3,(H,19,22). The molecule has 1 aliphatic carbocycles. The summed E-state index contributed by atoms with van der Waals surface area (Å²) in [6.45, 7) is 0. The first-order chi connectivity index (χ1) is 11.2. The smallest absolute Gasteiger partial charge is 0.272 e. The molecule has 0 atom stereocenters. The molecule has 0 aliphatic heterocycles. The number of ether oxygens (including phenoxy) is 1. The fourth-order valence-corrected chi connectivity index (χ4v) is 3.19. The van der Waals surface area contributed by atoms with Gasteiger partial charge in [-0.25, -0.2) is 0 Å². The molecule has 1 heterocycles. The van der Waals surface area contributed by atoms with E-state index < -0.39 is 0 Å². The molecule has 1 amide bonds. The van der Waals surface area contributed by atoms with Gasteiger partial charge < -0.3 is 10.1 Å². The summed E-state index contributed by atoms with van der Waals surface area (Å²) in [5.74, 6) is 0.684. The molecule has 1 fully saturated rings. The Morgan fingerprint density at radius 2 is 2.00 bits per heavy atom. The van der Waals surface area contributed by atoms with Crippen LogP contribution in [0.1, 0.15) is 42.6 Å².